The number of nitrogens with zero attached hydrogens (tertiary/aromatic N) is 2. The summed E-state index contributed by atoms with van der Waals surface area (Å²) in [6.07, 6.45) is 2.03. The number of carbonyl (C=O) groups excluding carboxylic acids is 1. The lowest BCUT2D eigenvalue weighted by atomic mass is 10.2. The van der Waals surface area contributed by atoms with Crippen LogP contribution in [0, 0.1) is 6.92 Å². The molecule has 0 unspecified atom stereocenters. The van der Waals surface area contributed by atoms with E-state index in [1.807, 2.05) is 36.7 Å². The maximum atomic E-state index is 11.6. The van der Waals surface area contributed by atoms with Crippen LogP contribution in [0.1, 0.15) is 21.7 Å². The van der Waals surface area contributed by atoms with Crippen molar-refractivity contribution < 1.29 is 4.79 Å². The number of nitrogens with one attached hydrogen (secondary N) is 2. The first kappa shape index (κ1) is 13.6. The van der Waals surface area contributed by atoms with E-state index in [1.165, 1.54) is 0 Å². The fourth-order valence-corrected chi connectivity index (χ4v) is 3.03. The van der Waals surface area contributed by atoms with Crippen LogP contribution in [0.2, 0.25) is 0 Å². The van der Waals surface area contributed by atoms with Crippen LogP contribution in [0.15, 0.2) is 35.8 Å². The number of benzene rings is 1. The largest absolute Gasteiger partial charge is 0.379 e. The van der Waals surface area contributed by atoms with Crippen LogP contribution < -0.4 is 10.6 Å². The van der Waals surface area contributed by atoms with Crippen LogP contribution in [0.3, 0.4) is 0 Å². The van der Waals surface area contributed by atoms with E-state index in [9.17, 15) is 4.79 Å². The minimum Gasteiger partial charge on any atom is -0.379 e. The number of aromatic nitrogens is 2. The fraction of sp³-hybridized carbons (Fsp3) is 0.200. The quantitative estimate of drug-likeness (QED) is 0.779. The highest BCUT2D eigenvalue weighted by atomic mass is 32.1. The number of imidazole rings is 1. The van der Waals surface area contributed by atoms with Gasteiger partial charge in [-0.05, 0) is 25.1 Å². The molecule has 108 valence electrons. The highest BCUT2D eigenvalue weighted by molar-refractivity contribution is 7.15. The molecule has 1 aromatic carbocycles. The van der Waals surface area contributed by atoms with Gasteiger partial charge in [0.05, 0.1) is 17.9 Å². The minimum atomic E-state index is -0.0839. The predicted octanol–water partition coefficient (Wildman–Crippen LogP) is 2.68. The van der Waals surface area contributed by atoms with Crippen molar-refractivity contribution >= 4 is 27.9 Å². The van der Waals surface area contributed by atoms with Gasteiger partial charge in [0.25, 0.3) is 5.91 Å². The molecular formula is C15H16N4OS. The molecule has 0 aliphatic carbocycles. The van der Waals surface area contributed by atoms with Crippen LogP contribution in [0.4, 0.5) is 5.69 Å². The van der Waals surface area contributed by atoms with Crippen molar-refractivity contribution in [3.05, 3.63) is 52.8 Å². The van der Waals surface area contributed by atoms with E-state index in [1.54, 1.807) is 24.5 Å². The molecule has 5 nitrogen and oxygen atoms in total. The molecule has 2 N–H and O–H groups in total. The zero-order chi connectivity index (χ0) is 14.8. The van der Waals surface area contributed by atoms with E-state index in [0.29, 0.717) is 12.1 Å². The highest BCUT2D eigenvalue weighted by Crippen LogP contribution is 2.18. The normalized spacial score (nSPS) is 10.8. The molecule has 6 heteroatoms. The van der Waals surface area contributed by atoms with Gasteiger partial charge >= 0.3 is 0 Å². The summed E-state index contributed by atoms with van der Waals surface area (Å²) in [7, 11) is 1.63. The number of rotatable bonds is 4. The molecule has 3 rings (SSSR count). The average molecular weight is 300 g/mol. The maximum Gasteiger partial charge on any atom is 0.251 e. The van der Waals surface area contributed by atoms with Crippen molar-refractivity contribution in [1.29, 1.82) is 0 Å². The number of hydrogen-bond donors (Lipinski definition) is 2. The van der Waals surface area contributed by atoms with E-state index in [0.717, 1.165) is 22.0 Å². The monoisotopic (exact) mass is 300 g/mol. The highest BCUT2D eigenvalue weighted by Gasteiger charge is 2.09. The Morgan fingerprint density at radius 2 is 2.29 bits per heavy atom. The molecule has 0 fully saturated rings. The smallest absolute Gasteiger partial charge is 0.251 e. The zero-order valence-electron chi connectivity index (χ0n) is 11.9. The Kier molecular flexibility index (Phi) is 3.62. The van der Waals surface area contributed by atoms with Gasteiger partial charge in [0.15, 0.2) is 4.96 Å². The van der Waals surface area contributed by atoms with Gasteiger partial charge in [-0.1, -0.05) is 6.07 Å². The lowest BCUT2D eigenvalue weighted by Gasteiger charge is -2.08. The Morgan fingerprint density at radius 1 is 1.43 bits per heavy atom. The zero-order valence-corrected chi connectivity index (χ0v) is 12.7. The molecule has 0 spiro atoms. The first-order chi connectivity index (χ1) is 10.2. The molecule has 0 saturated heterocycles. The molecule has 2 heterocycles. The molecule has 2 aromatic heterocycles. The molecule has 0 atom stereocenters. The SMILES string of the molecule is CNC(=O)c1cccc(NCc2c(C)nc3sccn23)c1. The van der Waals surface area contributed by atoms with Crippen molar-refractivity contribution in [3.63, 3.8) is 0 Å². The number of fused-ring (bicyclic) bond motifs is 1. The van der Waals surface area contributed by atoms with Gasteiger partial charge in [-0.3, -0.25) is 9.20 Å². The van der Waals surface area contributed by atoms with E-state index < -0.39 is 0 Å². The van der Waals surface area contributed by atoms with Gasteiger partial charge in [-0.2, -0.15) is 0 Å². The standard InChI is InChI=1S/C15H16N4OS/c1-10-13(19-6-7-21-15(19)18-10)9-17-12-5-3-4-11(8-12)14(20)16-2/h3-8,17H,9H2,1-2H3,(H,16,20). The number of carbonyl (C=O) groups is 1. The summed E-state index contributed by atoms with van der Waals surface area (Å²) in [6.45, 7) is 2.68. The first-order valence-corrected chi connectivity index (χ1v) is 7.54. The van der Waals surface area contributed by atoms with Crippen molar-refractivity contribution in [2.45, 2.75) is 13.5 Å². The van der Waals surface area contributed by atoms with Gasteiger partial charge in [0.2, 0.25) is 0 Å². The van der Waals surface area contributed by atoms with Crippen LogP contribution in [-0.4, -0.2) is 22.3 Å². The average Bonchev–Trinajstić information content (AvgIpc) is 3.05. The second-order valence-electron chi connectivity index (χ2n) is 4.71. The molecule has 1 amide bonds. The number of anilines is 1. The summed E-state index contributed by atoms with van der Waals surface area (Å²) in [6, 6.07) is 7.47. The Bertz CT molecular complexity index is 790. The topological polar surface area (TPSA) is 58.4 Å². The molecule has 0 bridgehead atoms. The Labute approximate surface area is 126 Å². The minimum absolute atomic E-state index is 0.0839. The molecular weight excluding hydrogens is 284 g/mol. The third kappa shape index (κ3) is 2.62. The Morgan fingerprint density at radius 3 is 3.10 bits per heavy atom. The Hall–Kier alpha value is -2.34. The van der Waals surface area contributed by atoms with Gasteiger partial charge in [0.1, 0.15) is 0 Å². The summed E-state index contributed by atoms with van der Waals surface area (Å²) < 4.78 is 2.09. The molecule has 21 heavy (non-hydrogen) atoms. The van der Waals surface area contributed by atoms with Gasteiger partial charge in [-0.25, -0.2) is 4.98 Å². The van der Waals surface area contributed by atoms with Crippen molar-refractivity contribution in [2.75, 3.05) is 12.4 Å². The summed E-state index contributed by atoms with van der Waals surface area (Å²) >= 11 is 1.62. The summed E-state index contributed by atoms with van der Waals surface area (Å²) in [5.74, 6) is -0.0839. The van der Waals surface area contributed by atoms with E-state index >= 15 is 0 Å². The van der Waals surface area contributed by atoms with Crippen LogP contribution in [-0.2, 0) is 6.54 Å². The molecule has 0 radical (unpaired) electrons. The molecule has 0 aliphatic heterocycles. The number of hydrogen-bond acceptors (Lipinski definition) is 4. The van der Waals surface area contributed by atoms with Crippen molar-refractivity contribution in [1.82, 2.24) is 14.7 Å². The van der Waals surface area contributed by atoms with Crippen LogP contribution in [0.5, 0.6) is 0 Å². The number of amides is 1. The fourth-order valence-electron chi connectivity index (χ4n) is 2.25. The maximum absolute atomic E-state index is 11.6. The Balaban J connectivity index is 1.80. The lowest BCUT2D eigenvalue weighted by molar-refractivity contribution is 0.0963. The first-order valence-electron chi connectivity index (χ1n) is 6.66. The summed E-state index contributed by atoms with van der Waals surface area (Å²) in [4.78, 5) is 17.2. The predicted molar refractivity (Wildman–Crippen MR) is 85.0 cm³/mol. The van der Waals surface area contributed by atoms with E-state index in [2.05, 4.69) is 20.0 Å². The summed E-state index contributed by atoms with van der Waals surface area (Å²) in [5.41, 5.74) is 3.72. The lowest BCUT2D eigenvalue weighted by Crippen LogP contribution is -2.17. The van der Waals surface area contributed by atoms with Gasteiger partial charge < -0.3 is 10.6 Å². The number of aryl methyl sites for hydroxylation is 1. The number of thiazole rings is 1. The second-order valence-corrected chi connectivity index (χ2v) is 5.59. The molecule has 0 saturated carbocycles. The van der Waals surface area contributed by atoms with Crippen molar-refractivity contribution in [3.8, 4) is 0 Å². The molecule has 0 aliphatic rings. The second kappa shape index (κ2) is 5.57. The van der Waals surface area contributed by atoms with Gasteiger partial charge in [-0.15, -0.1) is 11.3 Å². The van der Waals surface area contributed by atoms with Crippen LogP contribution >= 0.6 is 11.3 Å². The molecule has 3 aromatic rings. The van der Waals surface area contributed by atoms with E-state index in [4.69, 9.17) is 0 Å². The third-order valence-electron chi connectivity index (χ3n) is 3.37. The van der Waals surface area contributed by atoms with Crippen molar-refractivity contribution in [2.24, 2.45) is 0 Å². The van der Waals surface area contributed by atoms with Gasteiger partial charge in [0, 0.05) is 29.9 Å². The van der Waals surface area contributed by atoms with E-state index in [-0.39, 0.29) is 5.91 Å². The van der Waals surface area contributed by atoms with Crippen LogP contribution in [0.25, 0.3) is 4.96 Å². The summed E-state index contributed by atoms with van der Waals surface area (Å²) in [5, 5.41) is 8.01. The third-order valence-corrected chi connectivity index (χ3v) is 4.13.